The number of ether oxygens (including phenoxy) is 1. The third-order valence-electron chi connectivity index (χ3n) is 1.17. The van der Waals surface area contributed by atoms with E-state index in [1.807, 2.05) is 0 Å². The average Bonchev–Trinajstić information content (AvgIpc) is 2.01. The standard InChI is InChI=1S/C7H14ClNO2/c1-11-6-5-9-7(10)3-2-4-8/h2-6H2,1H3,(H,9,10). The number of hydrogen-bond donors (Lipinski definition) is 1. The van der Waals surface area contributed by atoms with Crippen molar-refractivity contribution in [3.05, 3.63) is 0 Å². The summed E-state index contributed by atoms with van der Waals surface area (Å²) in [4.78, 5) is 10.9. The summed E-state index contributed by atoms with van der Waals surface area (Å²) in [6.45, 7) is 1.14. The second-order valence-corrected chi connectivity index (χ2v) is 2.51. The van der Waals surface area contributed by atoms with Crippen molar-refractivity contribution in [3.8, 4) is 0 Å². The largest absolute Gasteiger partial charge is 0.383 e. The molecule has 0 aromatic rings. The molecular weight excluding hydrogens is 166 g/mol. The third-order valence-corrected chi connectivity index (χ3v) is 1.43. The molecule has 0 aliphatic carbocycles. The predicted molar refractivity (Wildman–Crippen MR) is 44.8 cm³/mol. The van der Waals surface area contributed by atoms with Crippen LogP contribution in [0.5, 0.6) is 0 Å². The summed E-state index contributed by atoms with van der Waals surface area (Å²) in [6, 6.07) is 0. The van der Waals surface area contributed by atoms with Crippen molar-refractivity contribution in [2.75, 3.05) is 26.1 Å². The fourth-order valence-electron chi connectivity index (χ4n) is 0.608. The number of hydrogen-bond acceptors (Lipinski definition) is 2. The number of nitrogens with one attached hydrogen (secondary N) is 1. The highest BCUT2D eigenvalue weighted by Crippen LogP contribution is 1.90. The number of alkyl halides is 1. The SMILES string of the molecule is COCCNC(=O)CCCCl. The zero-order chi connectivity index (χ0) is 8.53. The minimum atomic E-state index is 0.0442. The lowest BCUT2D eigenvalue weighted by Crippen LogP contribution is -2.26. The van der Waals surface area contributed by atoms with Crippen molar-refractivity contribution in [1.29, 1.82) is 0 Å². The van der Waals surface area contributed by atoms with Crippen LogP contribution in [0.25, 0.3) is 0 Å². The molecule has 0 bridgehead atoms. The van der Waals surface area contributed by atoms with Crippen LogP contribution in [0.15, 0.2) is 0 Å². The molecule has 0 rings (SSSR count). The molecule has 3 nitrogen and oxygen atoms in total. The van der Waals surface area contributed by atoms with Crippen LogP contribution in [0.2, 0.25) is 0 Å². The van der Waals surface area contributed by atoms with E-state index in [0.717, 1.165) is 6.42 Å². The molecule has 0 aliphatic heterocycles. The molecule has 0 aliphatic rings. The van der Waals surface area contributed by atoms with Crippen LogP contribution in [0, 0.1) is 0 Å². The smallest absolute Gasteiger partial charge is 0.220 e. The Bertz CT molecular complexity index is 109. The van der Waals surface area contributed by atoms with E-state index < -0.39 is 0 Å². The van der Waals surface area contributed by atoms with Gasteiger partial charge in [-0.2, -0.15) is 0 Å². The van der Waals surface area contributed by atoms with Gasteiger partial charge in [0.2, 0.25) is 5.91 Å². The van der Waals surface area contributed by atoms with Gasteiger partial charge >= 0.3 is 0 Å². The molecule has 0 saturated carbocycles. The van der Waals surface area contributed by atoms with E-state index in [2.05, 4.69) is 5.32 Å². The van der Waals surface area contributed by atoms with E-state index in [-0.39, 0.29) is 5.91 Å². The van der Waals surface area contributed by atoms with Gasteiger partial charge < -0.3 is 10.1 Å². The molecule has 0 aromatic heterocycles. The maximum atomic E-state index is 10.9. The zero-order valence-corrected chi connectivity index (χ0v) is 7.49. The fourth-order valence-corrected chi connectivity index (χ4v) is 0.742. The second kappa shape index (κ2) is 7.82. The quantitative estimate of drug-likeness (QED) is 0.483. The molecule has 1 N–H and O–H groups in total. The van der Waals surface area contributed by atoms with Gasteiger partial charge in [-0.1, -0.05) is 0 Å². The van der Waals surface area contributed by atoms with E-state index >= 15 is 0 Å². The molecular formula is C7H14ClNO2. The minimum Gasteiger partial charge on any atom is -0.383 e. The highest BCUT2D eigenvalue weighted by Gasteiger charge is 1.97. The van der Waals surface area contributed by atoms with E-state index in [0.29, 0.717) is 25.5 Å². The van der Waals surface area contributed by atoms with Crippen molar-refractivity contribution in [2.45, 2.75) is 12.8 Å². The molecule has 4 heteroatoms. The fraction of sp³-hybridized carbons (Fsp3) is 0.857. The lowest BCUT2D eigenvalue weighted by atomic mass is 10.3. The molecule has 1 amide bonds. The number of amides is 1. The topological polar surface area (TPSA) is 38.3 Å². The Hall–Kier alpha value is -0.280. The Kier molecular flexibility index (Phi) is 7.62. The van der Waals surface area contributed by atoms with Gasteiger partial charge in [-0.15, -0.1) is 11.6 Å². The first-order chi connectivity index (χ1) is 5.31. The lowest BCUT2D eigenvalue weighted by Gasteiger charge is -2.02. The van der Waals surface area contributed by atoms with E-state index in [1.54, 1.807) is 7.11 Å². The summed E-state index contributed by atoms with van der Waals surface area (Å²) < 4.78 is 4.76. The van der Waals surface area contributed by atoms with Crippen LogP contribution in [-0.4, -0.2) is 32.0 Å². The van der Waals surface area contributed by atoms with Gasteiger partial charge in [0.1, 0.15) is 0 Å². The minimum absolute atomic E-state index is 0.0442. The van der Waals surface area contributed by atoms with Gasteiger partial charge in [-0.25, -0.2) is 0 Å². The molecule has 11 heavy (non-hydrogen) atoms. The Labute approximate surface area is 72.1 Å². The highest BCUT2D eigenvalue weighted by atomic mass is 35.5. The maximum absolute atomic E-state index is 10.9. The molecule has 0 aromatic carbocycles. The van der Waals surface area contributed by atoms with Crippen molar-refractivity contribution >= 4 is 17.5 Å². The van der Waals surface area contributed by atoms with Gasteiger partial charge in [-0.3, -0.25) is 4.79 Å². The summed E-state index contributed by atoms with van der Waals surface area (Å²) in [5, 5.41) is 2.70. The monoisotopic (exact) mass is 179 g/mol. The number of carbonyl (C=O) groups is 1. The van der Waals surface area contributed by atoms with Gasteiger partial charge in [0, 0.05) is 26.0 Å². The van der Waals surface area contributed by atoms with E-state index in [9.17, 15) is 4.79 Å². The van der Waals surface area contributed by atoms with Gasteiger partial charge in [-0.05, 0) is 6.42 Å². The number of rotatable bonds is 6. The summed E-state index contributed by atoms with van der Waals surface area (Å²) in [6.07, 6.45) is 1.24. The lowest BCUT2D eigenvalue weighted by molar-refractivity contribution is -0.121. The Morgan fingerprint density at radius 1 is 1.64 bits per heavy atom. The van der Waals surface area contributed by atoms with Crippen LogP contribution in [-0.2, 0) is 9.53 Å². The molecule has 0 saturated heterocycles. The average molecular weight is 180 g/mol. The molecule has 0 heterocycles. The van der Waals surface area contributed by atoms with Gasteiger partial charge in [0.25, 0.3) is 0 Å². The summed E-state index contributed by atoms with van der Waals surface area (Å²) in [7, 11) is 1.60. The summed E-state index contributed by atoms with van der Waals surface area (Å²) in [5.74, 6) is 0.584. The van der Waals surface area contributed by atoms with E-state index in [1.165, 1.54) is 0 Å². The first kappa shape index (κ1) is 10.7. The highest BCUT2D eigenvalue weighted by molar-refractivity contribution is 6.17. The van der Waals surface area contributed by atoms with Crippen molar-refractivity contribution < 1.29 is 9.53 Å². The Morgan fingerprint density at radius 2 is 2.36 bits per heavy atom. The summed E-state index contributed by atoms with van der Waals surface area (Å²) >= 11 is 5.40. The van der Waals surface area contributed by atoms with Crippen LogP contribution >= 0.6 is 11.6 Å². The molecule has 0 atom stereocenters. The maximum Gasteiger partial charge on any atom is 0.220 e. The molecule has 66 valence electrons. The number of methoxy groups -OCH3 is 1. The van der Waals surface area contributed by atoms with Crippen molar-refractivity contribution in [1.82, 2.24) is 5.32 Å². The normalized spacial score (nSPS) is 9.64. The van der Waals surface area contributed by atoms with E-state index in [4.69, 9.17) is 16.3 Å². The Balaban J connectivity index is 3.09. The first-order valence-electron chi connectivity index (χ1n) is 3.63. The van der Waals surface area contributed by atoms with Crippen molar-refractivity contribution in [2.24, 2.45) is 0 Å². The van der Waals surface area contributed by atoms with Crippen LogP contribution in [0.3, 0.4) is 0 Å². The van der Waals surface area contributed by atoms with Gasteiger partial charge in [0.05, 0.1) is 6.61 Å². The zero-order valence-electron chi connectivity index (χ0n) is 6.73. The Morgan fingerprint density at radius 3 is 2.91 bits per heavy atom. The van der Waals surface area contributed by atoms with Crippen LogP contribution in [0.1, 0.15) is 12.8 Å². The molecule has 0 spiro atoms. The van der Waals surface area contributed by atoms with Gasteiger partial charge in [0.15, 0.2) is 0 Å². The second-order valence-electron chi connectivity index (χ2n) is 2.14. The van der Waals surface area contributed by atoms with Crippen LogP contribution < -0.4 is 5.32 Å². The first-order valence-corrected chi connectivity index (χ1v) is 4.16. The molecule has 0 radical (unpaired) electrons. The van der Waals surface area contributed by atoms with Crippen LogP contribution in [0.4, 0.5) is 0 Å². The molecule has 0 fully saturated rings. The van der Waals surface area contributed by atoms with Crippen molar-refractivity contribution in [3.63, 3.8) is 0 Å². The summed E-state index contributed by atoms with van der Waals surface area (Å²) in [5.41, 5.74) is 0. The number of carbonyl (C=O) groups excluding carboxylic acids is 1. The predicted octanol–water partition coefficient (Wildman–Crippen LogP) is 0.768. The molecule has 0 unspecified atom stereocenters. The third kappa shape index (κ3) is 7.62. The number of halogens is 1.